The maximum absolute atomic E-state index is 14.2. The molecule has 9 heteroatoms. The van der Waals surface area contributed by atoms with Crippen molar-refractivity contribution in [3.05, 3.63) is 66.0 Å². The van der Waals surface area contributed by atoms with E-state index in [1.54, 1.807) is 4.90 Å². The molecule has 2 atom stereocenters. The Hall–Kier alpha value is -2.33. The lowest BCUT2D eigenvalue weighted by Crippen LogP contribution is -2.56. The summed E-state index contributed by atoms with van der Waals surface area (Å²) >= 11 is 0. The van der Waals surface area contributed by atoms with Crippen LogP contribution in [0.25, 0.3) is 0 Å². The van der Waals surface area contributed by atoms with Crippen molar-refractivity contribution in [2.75, 3.05) is 39.3 Å². The van der Waals surface area contributed by atoms with Gasteiger partial charge in [-0.3, -0.25) is 9.69 Å². The molecule has 2 unspecified atom stereocenters. The Morgan fingerprint density at radius 2 is 1.76 bits per heavy atom. The first-order valence-corrected chi connectivity index (χ1v) is 12.8. The summed E-state index contributed by atoms with van der Waals surface area (Å²) in [5, 5.41) is 0. The average Bonchev–Trinajstić information content (AvgIpc) is 3.32. The third-order valence-electron chi connectivity index (χ3n) is 6.17. The molecule has 178 valence electrons. The van der Waals surface area contributed by atoms with E-state index in [-0.39, 0.29) is 18.4 Å². The molecule has 0 spiro atoms. The predicted molar refractivity (Wildman–Crippen MR) is 123 cm³/mol. The van der Waals surface area contributed by atoms with E-state index >= 15 is 0 Å². The molecule has 0 radical (unpaired) electrons. The Bertz CT molecular complexity index is 1040. The third-order valence-corrected chi connectivity index (χ3v) is 7.68. The Morgan fingerprint density at radius 3 is 2.42 bits per heavy atom. The van der Waals surface area contributed by atoms with Gasteiger partial charge in [-0.25, -0.2) is 12.8 Å². The average molecular weight is 476 g/mol. The van der Waals surface area contributed by atoms with Crippen LogP contribution in [0.15, 0.2) is 59.5 Å². The van der Waals surface area contributed by atoms with Gasteiger partial charge in [-0.1, -0.05) is 42.5 Å². The summed E-state index contributed by atoms with van der Waals surface area (Å²) in [6, 6.07) is 13.4. The summed E-state index contributed by atoms with van der Waals surface area (Å²) in [6.45, 7) is 4.12. The highest BCUT2D eigenvalue weighted by molar-refractivity contribution is 7.89. The van der Waals surface area contributed by atoms with Crippen LogP contribution < -0.4 is 4.72 Å². The standard InChI is InChI=1S/C24H30FN3O4S/c25-21-10-4-5-11-23(21)33(30,31)26-22(17-19-7-2-1-3-8-19)24(29)28-14-12-27(13-15-28)18-20-9-6-16-32-20/h1-5,7-8,10-11,20,22,26H,6,9,12-18H2. The minimum absolute atomic E-state index is 0.184. The van der Waals surface area contributed by atoms with Crippen molar-refractivity contribution in [3.8, 4) is 0 Å². The zero-order valence-corrected chi connectivity index (χ0v) is 19.3. The topological polar surface area (TPSA) is 79.0 Å². The minimum Gasteiger partial charge on any atom is -0.377 e. The third kappa shape index (κ3) is 6.17. The Balaban J connectivity index is 1.46. The van der Waals surface area contributed by atoms with Crippen molar-refractivity contribution in [3.63, 3.8) is 0 Å². The number of piperazine rings is 1. The number of hydrogen-bond acceptors (Lipinski definition) is 5. The molecule has 0 bridgehead atoms. The second-order valence-electron chi connectivity index (χ2n) is 8.55. The van der Waals surface area contributed by atoms with Crippen LogP contribution in [0, 0.1) is 5.82 Å². The number of amides is 1. The summed E-state index contributed by atoms with van der Waals surface area (Å²) in [4.78, 5) is 16.9. The van der Waals surface area contributed by atoms with Crippen LogP contribution in [0.4, 0.5) is 4.39 Å². The first-order valence-electron chi connectivity index (χ1n) is 11.4. The number of halogens is 1. The van der Waals surface area contributed by atoms with E-state index in [4.69, 9.17) is 4.74 Å². The van der Waals surface area contributed by atoms with Gasteiger partial charge in [0, 0.05) is 39.3 Å². The highest BCUT2D eigenvalue weighted by atomic mass is 32.2. The lowest BCUT2D eigenvalue weighted by Gasteiger charge is -2.37. The van der Waals surface area contributed by atoms with Crippen LogP contribution in [0.1, 0.15) is 18.4 Å². The van der Waals surface area contributed by atoms with Crippen LogP contribution in [0.5, 0.6) is 0 Å². The quantitative estimate of drug-likeness (QED) is 0.632. The summed E-state index contributed by atoms with van der Waals surface area (Å²) in [6.07, 6.45) is 2.59. The highest BCUT2D eigenvalue weighted by Gasteiger charge is 2.33. The zero-order valence-electron chi connectivity index (χ0n) is 18.5. The monoisotopic (exact) mass is 475 g/mol. The summed E-state index contributed by atoms with van der Waals surface area (Å²) in [7, 11) is -4.22. The molecular weight excluding hydrogens is 445 g/mol. The Labute approximate surface area is 194 Å². The van der Waals surface area contributed by atoms with E-state index < -0.39 is 26.8 Å². The number of carbonyl (C=O) groups excluding carboxylic acids is 1. The van der Waals surface area contributed by atoms with Gasteiger partial charge in [-0.15, -0.1) is 0 Å². The number of benzene rings is 2. The largest absolute Gasteiger partial charge is 0.377 e. The van der Waals surface area contributed by atoms with E-state index in [2.05, 4.69) is 9.62 Å². The lowest BCUT2D eigenvalue weighted by molar-refractivity contribution is -0.134. The second-order valence-corrected chi connectivity index (χ2v) is 10.2. The van der Waals surface area contributed by atoms with E-state index in [0.29, 0.717) is 26.2 Å². The van der Waals surface area contributed by atoms with E-state index in [0.717, 1.165) is 37.6 Å². The van der Waals surface area contributed by atoms with Crippen molar-refractivity contribution in [2.24, 2.45) is 0 Å². The Kier molecular flexibility index (Phi) is 7.75. The number of ether oxygens (including phenoxy) is 1. The van der Waals surface area contributed by atoms with Crippen LogP contribution in [0.3, 0.4) is 0 Å². The zero-order chi connectivity index (χ0) is 23.3. The van der Waals surface area contributed by atoms with Crippen molar-refractivity contribution in [2.45, 2.75) is 36.3 Å². The van der Waals surface area contributed by atoms with Crippen molar-refractivity contribution in [1.29, 1.82) is 0 Å². The summed E-state index contributed by atoms with van der Waals surface area (Å²) < 4.78 is 48.3. The van der Waals surface area contributed by atoms with Crippen LogP contribution in [-0.2, 0) is 26.0 Å². The molecule has 2 saturated heterocycles. The van der Waals surface area contributed by atoms with Crippen LogP contribution in [0.2, 0.25) is 0 Å². The molecule has 1 N–H and O–H groups in total. The van der Waals surface area contributed by atoms with Gasteiger partial charge in [0.2, 0.25) is 15.9 Å². The van der Waals surface area contributed by atoms with E-state index in [1.807, 2.05) is 30.3 Å². The first-order chi connectivity index (χ1) is 15.9. The molecule has 1 amide bonds. The number of nitrogens with one attached hydrogen (secondary N) is 1. The molecule has 4 rings (SSSR count). The first kappa shape index (κ1) is 23.8. The van der Waals surface area contributed by atoms with Crippen molar-refractivity contribution in [1.82, 2.24) is 14.5 Å². The fourth-order valence-electron chi connectivity index (χ4n) is 4.39. The molecule has 2 aromatic rings. The molecule has 2 fully saturated rings. The molecule has 33 heavy (non-hydrogen) atoms. The fraction of sp³-hybridized carbons (Fsp3) is 0.458. The molecule has 0 aromatic heterocycles. The smallest absolute Gasteiger partial charge is 0.244 e. The molecule has 7 nitrogen and oxygen atoms in total. The molecule has 2 aliphatic heterocycles. The number of sulfonamides is 1. The van der Waals surface area contributed by atoms with Gasteiger partial charge in [0.15, 0.2) is 0 Å². The van der Waals surface area contributed by atoms with Crippen LogP contribution in [-0.4, -0.2) is 75.6 Å². The Morgan fingerprint density at radius 1 is 1.06 bits per heavy atom. The van der Waals surface area contributed by atoms with Crippen molar-refractivity contribution >= 4 is 15.9 Å². The van der Waals surface area contributed by atoms with Crippen molar-refractivity contribution < 1.29 is 22.3 Å². The fourth-order valence-corrected chi connectivity index (χ4v) is 5.66. The van der Waals surface area contributed by atoms with E-state index in [1.165, 1.54) is 18.2 Å². The molecule has 2 aromatic carbocycles. The summed E-state index contributed by atoms with van der Waals surface area (Å²) in [5.41, 5.74) is 0.823. The van der Waals surface area contributed by atoms with Gasteiger partial charge >= 0.3 is 0 Å². The predicted octanol–water partition coefficient (Wildman–Crippen LogP) is 2.04. The molecule has 2 aliphatic rings. The van der Waals surface area contributed by atoms with Gasteiger partial charge < -0.3 is 9.64 Å². The van der Waals surface area contributed by atoms with E-state index in [9.17, 15) is 17.6 Å². The van der Waals surface area contributed by atoms with Gasteiger partial charge in [0.1, 0.15) is 16.8 Å². The maximum atomic E-state index is 14.2. The number of hydrogen-bond donors (Lipinski definition) is 1. The normalized spacial score (nSPS) is 20.6. The minimum atomic E-state index is -4.22. The molecule has 0 saturated carbocycles. The number of rotatable bonds is 8. The van der Waals surface area contributed by atoms with Crippen LogP contribution >= 0.6 is 0 Å². The SMILES string of the molecule is O=C(C(Cc1ccccc1)NS(=O)(=O)c1ccccc1F)N1CCN(CC2CCCO2)CC1. The molecule has 0 aliphatic carbocycles. The maximum Gasteiger partial charge on any atom is 0.244 e. The molecule has 2 heterocycles. The lowest BCUT2D eigenvalue weighted by atomic mass is 10.1. The van der Waals surface area contributed by atoms with Gasteiger partial charge in [-0.05, 0) is 37.0 Å². The number of nitrogens with zero attached hydrogens (tertiary/aromatic N) is 2. The number of carbonyl (C=O) groups is 1. The molecular formula is C24H30FN3O4S. The summed E-state index contributed by atoms with van der Waals surface area (Å²) in [5.74, 6) is -1.14. The second kappa shape index (κ2) is 10.7. The van der Waals surface area contributed by atoms with Gasteiger partial charge in [0.05, 0.1) is 6.10 Å². The van der Waals surface area contributed by atoms with Gasteiger partial charge in [0.25, 0.3) is 0 Å². The van der Waals surface area contributed by atoms with Gasteiger partial charge in [-0.2, -0.15) is 4.72 Å². The highest BCUT2D eigenvalue weighted by Crippen LogP contribution is 2.18.